The number of nitrogens with zero attached hydrogens (tertiary/aromatic N) is 1. The van der Waals surface area contributed by atoms with Crippen molar-refractivity contribution in [2.24, 2.45) is 0 Å². The molecule has 0 heterocycles. The van der Waals surface area contributed by atoms with Crippen LogP contribution in [0.5, 0.6) is 0 Å². The average molecular weight is 563 g/mol. The van der Waals surface area contributed by atoms with Crippen molar-refractivity contribution in [3.8, 4) is 0 Å². The van der Waals surface area contributed by atoms with E-state index < -0.39 is 7.26 Å². The van der Waals surface area contributed by atoms with Gasteiger partial charge in [-0.3, -0.25) is 0 Å². The maximum atomic E-state index is 2.40. The van der Waals surface area contributed by atoms with Crippen molar-refractivity contribution in [3.05, 3.63) is 126 Å². The van der Waals surface area contributed by atoms with Gasteiger partial charge in [-0.2, -0.15) is 0 Å². The molecule has 0 unspecified atom stereocenters. The predicted molar refractivity (Wildman–Crippen MR) is 186 cm³/mol. The number of rotatable bonds is 16. The first-order valence-corrected chi connectivity index (χ1v) is 18.3. The lowest BCUT2D eigenvalue weighted by Gasteiger charge is -2.28. The zero-order chi connectivity index (χ0) is 28.8. The molecule has 0 bridgehead atoms. The van der Waals surface area contributed by atoms with Crippen molar-refractivity contribution in [3.63, 3.8) is 0 Å². The molecule has 0 atom stereocenters. The van der Waals surface area contributed by atoms with Gasteiger partial charge < -0.3 is 4.90 Å². The second kappa shape index (κ2) is 16.3. The molecule has 0 amide bonds. The molecule has 0 saturated carbocycles. The summed E-state index contributed by atoms with van der Waals surface area (Å²) in [5.41, 5.74) is 7.51. The maximum absolute atomic E-state index is 2.40. The molecule has 214 valence electrons. The van der Waals surface area contributed by atoms with E-state index in [1.807, 2.05) is 0 Å². The fraction of sp³-hybridized carbons (Fsp3) is 0.333. The largest absolute Gasteiger partial charge is 0.311 e. The highest BCUT2D eigenvalue weighted by molar-refractivity contribution is 7.75. The summed E-state index contributed by atoms with van der Waals surface area (Å²) in [4.78, 5) is 2.30. The Bertz CT molecular complexity index is 1230. The molecule has 4 rings (SSSR count). The molecule has 0 fully saturated rings. The monoisotopic (exact) mass is 562 g/mol. The summed E-state index contributed by atoms with van der Waals surface area (Å²) in [7, 11) is -0.926. The van der Waals surface area contributed by atoms with E-state index in [-0.39, 0.29) is 0 Å². The van der Waals surface area contributed by atoms with Gasteiger partial charge >= 0.3 is 0 Å². The lowest BCUT2D eigenvalue weighted by atomic mass is 10.1. The number of para-hydroxylation sites is 2. The Kier molecular flexibility index (Phi) is 12.3. The molecule has 4 aromatic rings. The molecule has 0 aliphatic carbocycles. The fourth-order valence-corrected chi connectivity index (χ4v) is 10.8. The summed E-state index contributed by atoms with van der Waals surface area (Å²) in [5.74, 6) is 0. The van der Waals surface area contributed by atoms with E-state index in [4.69, 9.17) is 0 Å². The van der Waals surface area contributed by atoms with Gasteiger partial charge in [0, 0.05) is 24.3 Å². The van der Waals surface area contributed by atoms with Crippen LogP contribution in [0, 0.1) is 0 Å². The quantitative estimate of drug-likeness (QED) is 0.0969. The summed E-state index contributed by atoms with van der Waals surface area (Å²) >= 11 is 0. The van der Waals surface area contributed by atoms with Crippen LogP contribution in [0.2, 0.25) is 0 Å². The summed E-state index contributed by atoms with van der Waals surface area (Å²) < 4.78 is 0. The minimum absolute atomic E-state index is 0.926. The Labute approximate surface area is 250 Å². The van der Waals surface area contributed by atoms with Crippen LogP contribution in [0.4, 0.5) is 17.1 Å². The minimum atomic E-state index is -0.926. The van der Waals surface area contributed by atoms with Crippen LogP contribution in [0.15, 0.2) is 109 Å². The Morgan fingerprint density at radius 3 is 1.29 bits per heavy atom. The Morgan fingerprint density at radius 2 is 0.878 bits per heavy atom. The van der Waals surface area contributed by atoms with Crippen LogP contribution < -0.4 is 4.90 Å². The summed E-state index contributed by atoms with van der Waals surface area (Å²) in [6.07, 6.45) is 18.4. The van der Waals surface area contributed by atoms with Crippen LogP contribution in [0.25, 0.3) is 12.2 Å². The number of anilines is 3. The smallest absolute Gasteiger partial charge is 0.0842 e. The van der Waals surface area contributed by atoms with Crippen molar-refractivity contribution in [2.75, 3.05) is 23.4 Å². The zero-order valence-corrected chi connectivity index (χ0v) is 26.4. The molecule has 0 saturated heterocycles. The Balaban J connectivity index is 1.46. The molecule has 0 aliphatic rings. The van der Waals surface area contributed by atoms with Gasteiger partial charge in [0.05, 0.1) is 24.6 Å². The second-order valence-electron chi connectivity index (χ2n) is 11.4. The van der Waals surface area contributed by atoms with Crippen molar-refractivity contribution in [1.29, 1.82) is 0 Å². The van der Waals surface area contributed by atoms with Crippen molar-refractivity contribution in [1.82, 2.24) is 0 Å². The van der Waals surface area contributed by atoms with Gasteiger partial charge in [-0.1, -0.05) is 125 Å². The van der Waals surface area contributed by atoms with Crippen molar-refractivity contribution < 1.29 is 0 Å². The molecule has 41 heavy (non-hydrogen) atoms. The van der Waals surface area contributed by atoms with Gasteiger partial charge in [0.15, 0.2) is 0 Å². The number of hydrogen-bond donors (Lipinski definition) is 0. The predicted octanol–water partition coefficient (Wildman–Crippen LogP) is 12.2. The lowest BCUT2D eigenvalue weighted by molar-refractivity contribution is 0.832. The van der Waals surface area contributed by atoms with Crippen LogP contribution in [0.1, 0.15) is 76.0 Å². The highest BCUT2D eigenvalue weighted by atomic mass is 31.2. The van der Waals surface area contributed by atoms with E-state index in [0.29, 0.717) is 0 Å². The highest BCUT2D eigenvalue weighted by Crippen LogP contribution is 2.63. The zero-order valence-electron chi connectivity index (χ0n) is 25.5. The number of benzene rings is 4. The Hall–Kier alpha value is -3.15. The third-order valence-electron chi connectivity index (χ3n) is 8.10. The van der Waals surface area contributed by atoms with Crippen LogP contribution in [-0.4, -0.2) is 18.5 Å². The van der Waals surface area contributed by atoms with Crippen LogP contribution >= 0.6 is 7.26 Å². The van der Waals surface area contributed by atoms with E-state index in [0.717, 1.165) is 17.1 Å². The average Bonchev–Trinajstić information content (AvgIpc) is 3.03. The summed E-state index contributed by atoms with van der Waals surface area (Å²) in [6, 6.07) is 39.5. The molecular formula is C39H49NP+. The third-order valence-corrected chi connectivity index (χ3v) is 12.9. The third kappa shape index (κ3) is 9.17. The molecule has 0 spiro atoms. The van der Waals surface area contributed by atoms with E-state index in [1.54, 1.807) is 5.56 Å². The summed E-state index contributed by atoms with van der Waals surface area (Å²) in [6.45, 7) is 7.06. The summed E-state index contributed by atoms with van der Waals surface area (Å²) in [5, 5.41) is 0. The van der Waals surface area contributed by atoms with Gasteiger partial charge in [0.1, 0.15) is 0 Å². The minimum Gasteiger partial charge on any atom is -0.311 e. The van der Waals surface area contributed by atoms with Gasteiger partial charge in [-0.15, -0.1) is 0 Å². The molecule has 2 heteroatoms. The van der Waals surface area contributed by atoms with E-state index >= 15 is 0 Å². The number of hydrogen-bond acceptors (Lipinski definition) is 1. The normalized spacial score (nSPS) is 11.7. The number of unbranched alkanes of at least 4 members (excludes halogenated alkanes) is 3. The van der Waals surface area contributed by atoms with Gasteiger partial charge in [0.2, 0.25) is 0 Å². The molecule has 0 aliphatic heterocycles. The van der Waals surface area contributed by atoms with Gasteiger partial charge in [-0.05, 0) is 72.4 Å². The molecule has 4 aromatic carbocycles. The van der Waals surface area contributed by atoms with Crippen molar-refractivity contribution in [2.45, 2.75) is 65.5 Å². The first-order chi connectivity index (χ1) is 20.2. The Morgan fingerprint density at radius 1 is 0.488 bits per heavy atom. The van der Waals surface area contributed by atoms with Crippen molar-refractivity contribution >= 4 is 36.5 Å². The van der Waals surface area contributed by atoms with Gasteiger partial charge in [0.25, 0.3) is 0 Å². The molecular weight excluding hydrogens is 513 g/mol. The van der Waals surface area contributed by atoms with E-state index in [9.17, 15) is 0 Å². The van der Waals surface area contributed by atoms with Crippen LogP contribution in [0.3, 0.4) is 0 Å². The molecule has 0 aromatic heterocycles. The first kappa shape index (κ1) is 30.8. The molecule has 0 N–H and O–H groups in total. The SMILES string of the molecule is CCCC[P+](CCCC)(CCCC)Cc1ccc(C=Cc2ccc(N(c3ccccc3)c3ccccc3)cc2)cc1. The topological polar surface area (TPSA) is 3.24 Å². The van der Waals surface area contributed by atoms with Gasteiger partial charge in [-0.25, -0.2) is 0 Å². The molecule has 0 radical (unpaired) electrons. The highest BCUT2D eigenvalue weighted by Gasteiger charge is 2.35. The van der Waals surface area contributed by atoms with E-state index in [1.165, 1.54) is 74.3 Å². The first-order valence-electron chi connectivity index (χ1n) is 15.8. The standard InChI is InChI=1S/C39H49NP/c1-4-7-30-41(31-8-5-2,32-9-6-3)33-36-24-22-34(23-25-36)20-21-35-26-28-39(29-27-35)40(37-16-12-10-13-17-37)38-18-14-11-15-19-38/h10-29H,4-9,30-33H2,1-3H3/q+1. The second-order valence-corrected chi connectivity index (χ2v) is 15.7. The molecule has 1 nitrogen and oxygen atoms in total. The van der Waals surface area contributed by atoms with Crippen LogP contribution in [-0.2, 0) is 6.16 Å². The lowest BCUT2D eigenvalue weighted by Crippen LogP contribution is -2.11. The van der Waals surface area contributed by atoms with E-state index in [2.05, 4.69) is 147 Å². The fourth-order valence-electron chi connectivity index (χ4n) is 5.70. The maximum Gasteiger partial charge on any atom is 0.0842 e.